The van der Waals surface area contributed by atoms with E-state index in [-0.39, 0.29) is 31.2 Å². The van der Waals surface area contributed by atoms with E-state index in [1.54, 1.807) is 17.2 Å². The lowest BCUT2D eigenvalue weighted by atomic mass is 10.1. The second kappa shape index (κ2) is 10.5. The predicted molar refractivity (Wildman–Crippen MR) is 130 cm³/mol. The largest absolute Gasteiger partial charge is 0.491 e. The summed E-state index contributed by atoms with van der Waals surface area (Å²) in [5, 5.41) is 3.04. The van der Waals surface area contributed by atoms with Gasteiger partial charge in [-0.2, -0.15) is 0 Å². The Morgan fingerprint density at radius 2 is 1.89 bits per heavy atom. The van der Waals surface area contributed by atoms with Crippen LogP contribution in [0.2, 0.25) is 0 Å². The number of benzene rings is 1. The van der Waals surface area contributed by atoms with E-state index in [0.717, 1.165) is 30.1 Å². The maximum absolute atomic E-state index is 13.0. The fourth-order valence-corrected chi connectivity index (χ4v) is 4.48. The summed E-state index contributed by atoms with van der Waals surface area (Å²) in [7, 11) is 0. The highest BCUT2D eigenvalue weighted by Gasteiger charge is 2.57. The highest BCUT2D eigenvalue weighted by atomic mass is 19.3. The average Bonchev–Trinajstić information content (AvgIpc) is 3.26. The van der Waals surface area contributed by atoms with E-state index >= 15 is 0 Å². The molecule has 3 atom stereocenters. The minimum absolute atomic E-state index is 0.0193. The molecule has 0 spiro atoms. The van der Waals surface area contributed by atoms with E-state index in [1.807, 2.05) is 37.3 Å². The molecule has 2 unspecified atom stereocenters. The molecule has 2 amide bonds. The van der Waals surface area contributed by atoms with Crippen LogP contribution < -0.4 is 19.7 Å². The molecular weight excluding hydrogens is 470 g/mol. The fourth-order valence-electron chi connectivity index (χ4n) is 4.48. The molecule has 1 aliphatic carbocycles. The van der Waals surface area contributed by atoms with E-state index in [4.69, 9.17) is 14.2 Å². The zero-order chi connectivity index (χ0) is 25.1. The normalized spacial score (nSPS) is 23.8. The molecule has 10 heteroatoms. The Hall–Kier alpha value is -3.14. The summed E-state index contributed by atoms with van der Waals surface area (Å²) in [4.78, 5) is 20.8. The molecule has 1 aromatic carbocycles. The summed E-state index contributed by atoms with van der Waals surface area (Å²) in [6.07, 6.45) is 2.39. The van der Waals surface area contributed by atoms with Crippen molar-refractivity contribution in [3.63, 3.8) is 0 Å². The summed E-state index contributed by atoms with van der Waals surface area (Å²) in [6.45, 7) is 5.88. The van der Waals surface area contributed by atoms with Crippen LogP contribution in [0.5, 0.6) is 11.5 Å². The smallest absolute Gasteiger partial charge is 0.318 e. The van der Waals surface area contributed by atoms with Crippen molar-refractivity contribution < 1.29 is 27.8 Å². The topological polar surface area (TPSA) is 76.2 Å². The number of ether oxygens (including phenoxy) is 3. The number of anilines is 1. The van der Waals surface area contributed by atoms with Gasteiger partial charge in [0.25, 0.3) is 5.92 Å². The Labute approximate surface area is 209 Å². The molecule has 3 heterocycles. The van der Waals surface area contributed by atoms with Crippen LogP contribution in [-0.4, -0.2) is 73.9 Å². The first kappa shape index (κ1) is 24.5. The molecule has 5 rings (SSSR count). The molecule has 1 N–H and O–H groups in total. The molecule has 1 aromatic heterocycles. The van der Waals surface area contributed by atoms with Gasteiger partial charge >= 0.3 is 6.03 Å². The number of carbonyl (C=O) groups is 1. The first-order valence-electron chi connectivity index (χ1n) is 12.5. The van der Waals surface area contributed by atoms with E-state index < -0.39 is 11.8 Å². The zero-order valence-electron chi connectivity index (χ0n) is 20.4. The number of pyridine rings is 1. The standard InChI is InChI=1S/C26H32F2N4O4/c1-18(30-25(33)31-10-12-34-13-11-31)19-2-4-21(5-3-19)36-23-8-9-32(16-23)24-7-6-22(15-29-24)35-17-20-14-26(20,27)28/h2-7,15,18,20,23H,8-14,16-17H2,1H3,(H,30,33)/t18-,20?,23?/m0/s1. The SMILES string of the molecule is C[C@H](NC(=O)N1CCOCC1)c1ccc(OC2CCN(c3ccc(OCC4CC4(F)F)cn3)C2)cc1. The number of morpholine rings is 1. The van der Waals surface area contributed by atoms with Gasteiger partial charge in [-0.15, -0.1) is 0 Å². The number of halogens is 2. The molecule has 0 radical (unpaired) electrons. The first-order valence-corrected chi connectivity index (χ1v) is 12.5. The monoisotopic (exact) mass is 502 g/mol. The number of hydrogen-bond donors (Lipinski definition) is 1. The maximum Gasteiger partial charge on any atom is 0.318 e. The van der Waals surface area contributed by atoms with Crippen molar-refractivity contribution in [3.8, 4) is 11.5 Å². The maximum atomic E-state index is 13.0. The Kier molecular flexibility index (Phi) is 7.13. The molecular formula is C26H32F2N4O4. The summed E-state index contributed by atoms with van der Waals surface area (Å²) in [6, 6.07) is 11.3. The van der Waals surface area contributed by atoms with E-state index in [1.165, 1.54) is 0 Å². The number of rotatable bonds is 8. The average molecular weight is 503 g/mol. The lowest BCUT2D eigenvalue weighted by Gasteiger charge is -2.28. The Morgan fingerprint density at radius 1 is 1.17 bits per heavy atom. The van der Waals surface area contributed by atoms with Crippen LogP contribution >= 0.6 is 0 Å². The number of nitrogens with one attached hydrogen (secondary N) is 1. The number of aromatic nitrogens is 1. The van der Waals surface area contributed by atoms with Gasteiger partial charge in [-0.1, -0.05) is 12.1 Å². The summed E-state index contributed by atoms with van der Waals surface area (Å²) >= 11 is 0. The van der Waals surface area contributed by atoms with Gasteiger partial charge in [0, 0.05) is 32.5 Å². The molecule has 194 valence electrons. The van der Waals surface area contributed by atoms with Crippen molar-refractivity contribution in [1.29, 1.82) is 0 Å². The van der Waals surface area contributed by atoms with Crippen LogP contribution in [0.15, 0.2) is 42.6 Å². The highest BCUT2D eigenvalue weighted by Crippen LogP contribution is 2.48. The van der Waals surface area contributed by atoms with E-state index in [2.05, 4.69) is 15.2 Å². The Balaban J connectivity index is 1.07. The number of nitrogens with zero attached hydrogens (tertiary/aromatic N) is 3. The summed E-state index contributed by atoms with van der Waals surface area (Å²) < 4.78 is 42.9. The Morgan fingerprint density at radius 3 is 2.56 bits per heavy atom. The van der Waals surface area contributed by atoms with Crippen molar-refractivity contribution in [2.24, 2.45) is 5.92 Å². The third-order valence-corrected chi connectivity index (χ3v) is 6.92. The molecule has 36 heavy (non-hydrogen) atoms. The van der Waals surface area contributed by atoms with Crippen molar-refractivity contribution >= 4 is 11.8 Å². The van der Waals surface area contributed by atoms with Gasteiger partial charge in [-0.25, -0.2) is 18.6 Å². The summed E-state index contributed by atoms with van der Waals surface area (Å²) in [5.74, 6) is -1.16. The number of hydrogen-bond acceptors (Lipinski definition) is 6. The van der Waals surface area contributed by atoms with E-state index in [9.17, 15) is 13.6 Å². The molecule has 3 fully saturated rings. The van der Waals surface area contributed by atoms with Crippen LogP contribution in [0.4, 0.5) is 19.4 Å². The zero-order valence-corrected chi connectivity index (χ0v) is 20.4. The molecule has 3 aliphatic rings. The minimum atomic E-state index is -2.57. The minimum Gasteiger partial charge on any atom is -0.491 e. The van der Waals surface area contributed by atoms with Gasteiger partial charge in [-0.3, -0.25) is 0 Å². The second-order valence-electron chi connectivity index (χ2n) is 9.64. The van der Waals surface area contributed by atoms with Crippen molar-refractivity contribution in [1.82, 2.24) is 15.2 Å². The molecule has 0 bridgehead atoms. The molecule has 2 aliphatic heterocycles. The van der Waals surface area contributed by atoms with Gasteiger partial charge in [0.15, 0.2) is 0 Å². The third-order valence-electron chi connectivity index (χ3n) is 6.92. The van der Waals surface area contributed by atoms with Gasteiger partial charge in [0.1, 0.15) is 23.4 Å². The van der Waals surface area contributed by atoms with E-state index in [0.29, 0.717) is 38.6 Å². The van der Waals surface area contributed by atoms with Crippen LogP contribution in [0.3, 0.4) is 0 Å². The number of amides is 2. The van der Waals surface area contributed by atoms with Gasteiger partial charge in [-0.05, 0) is 36.8 Å². The van der Waals surface area contributed by atoms with Crippen LogP contribution in [-0.2, 0) is 4.74 Å². The lowest BCUT2D eigenvalue weighted by molar-refractivity contribution is 0.0526. The quantitative estimate of drug-likeness (QED) is 0.591. The predicted octanol–water partition coefficient (Wildman–Crippen LogP) is 3.88. The van der Waals surface area contributed by atoms with Gasteiger partial charge < -0.3 is 29.3 Å². The van der Waals surface area contributed by atoms with Crippen molar-refractivity contribution in [2.75, 3.05) is 50.9 Å². The van der Waals surface area contributed by atoms with Crippen molar-refractivity contribution in [2.45, 2.75) is 37.8 Å². The first-order chi connectivity index (χ1) is 17.4. The third kappa shape index (κ3) is 5.98. The van der Waals surface area contributed by atoms with Crippen molar-refractivity contribution in [3.05, 3.63) is 48.2 Å². The molecule has 2 saturated heterocycles. The van der Waals surface area contributed by atoms with Crippen LogP contribution in [0, 0.1) is 5.92 Å². The molecule has 8 nitrogen and oxygen atoms in total. The Bertz CT molecular complexity index is 1030. The number of urea groups is 1. The highest BCUT2D eigenvalue weighted by molar-refractivity contribution is 5.74. The molecule has 1 saturated carbocycles. The van der Waals surface area contributed by atoms with Crippen LogP contribution in [0.25, 0.3) is 0 Å². The summed E-state index contributed by atoms with van der Waals surface area (Å²) in [5.41, 5.74) is 1.01. The van der Waals surface area contributed by atoms with Gasteiger partial charge in [0.05, 0.1) is 44.5 Å². The molecule has 2 aromatic rings. The number of alkyl halides is 2. The van der Waals surface area contributed by atoms with Gasteiger partial charge in [0.2, 0.25) is 0 Å². The van der Waals surface area contributed by atoms with Crippen LogP contribution in [0.1, 0.15) is 31.4 Å². The fraction of sp³-hybridized carbons (Fsp3) is 0.538. The lowest BCUT2D eigenvalue weighted by Crippen LogP contribution is -2.46. The number of carbonyl (C=O) groups excluding carboxylic acids is 1. The second-order valence-corrected chi connectivity index (χ2v) is 9.64.